The van der Waals surface area contributed by atoms with Crippen LogP contribution in [-0.2, 0) is 0 Å². The van der Waals surface area contributed by atoms with E-state index in [2.05, 4.69) is 45.3 Å². The molecule has 164 valence electrons. The van der Waals surface area contributed by atoms with Gasteiger partial charge in [-0.05, 0) is 55.9 Å². The highest BCUT2D eigenvalue weighted by molar-refractivity contribution is 9.10. The van der Waals surface area contributed by atoms with Crippen LogP contribution in [0.1, 0.15) is 37.8 Å². The van der Waals surface area contributed by atoms with Gasteiger partial charge >= 0.3 is 0 Å². The Balaban J connectivity index is 1.36. The molecular weight excluding hydrogens is 486 g/mol. The van der Waals surface area contributed by atoms with Crippen LogP contribution in [0.15, 0.2) is 53.0 Å². The minimum Gasteiger partial charge on any atom is -0.350 e. The van der Waals surface area contributed by atoms with Gasteiger partial charge in [-0.25, -0.2) is 4.98 Å². The molecule has 2 aliphatic rings. The molecule has 1 saturated heterocycles. The molecular formula is C25H24BrN3O2S. The van der Waals surface area contributed by atoms with Crippen LogP contribution in [-0.4, -0.2) is 40.8 Å². The van der Waals surface area contributed by atoms with E-state index in [9.17, 15) is 9.59 Å². The second-order valence-electron chi connectivity index (χ2n) is 8.68. The zero-order valence-electron chi connectivity index (χ0n) is 18.0. The molecule has 2 heterocycles. The van der Waals surface area contributed by atoms with Gasteiger partial charge in [-0.3, -0.25) is 9.59 Å². The lowest BCUT2D eigenvalue weighted by Gasteiger charge is -2.27. The molecule has 1 aliphatic carbocycles. The lowest BCUT2D eigenvalue weighted by atomic mass is 10.1. The maximum atomic E-state index is 13.6. The molecule has 7 heteroatoms. The van der Waals surface area contributed by atoms with Crippen molar-refractivity contribution in [3.63, 3.8) is 0 Å². The van der Waals surface area contributed by atoms with E-state index in [-0.39, 0.29) is 17.9 Å². The summed E-state index contributed by atoms with van der Waals surface area (Å²) in [5.74, 6) is 0.852. The van der Waals surface area contributed by atoms with Gasteiger partial charge in [-0.2, -0.15) is 0 Å². The highest BCUT2D eigenvalue weighted by Crippen LogP contribution is 2.50. The number of nitrogens with one attached hydrogen (secondary N) is 1. The Bertz CT molecular complexity index is 1210. The van der Waals surface area contributed by atoms with Crippen molar-refractivity contribution in [2.45, 2.75) is 26.3 Å². The summed E-state index contributed by atoms with van der Waals surface area (Å²) in [5, 5.41) is 3.93. The van der Waals surface area contributed by atoms with Crippen molar-refractivity contribution >= 4 is 39.1 Å². The number of benzene rings is 2. The monoisotopic (exact) mass is 509 g/mol. The molecule has 1 saturated carbocycles. The molecule has 0 radical (unpaired) electrons. The predicted octanol–water partition coefficient (Wildman–Crippen LogP) is 5.08. The van der Waals surface area contributed by atoms with Crippen LogP contribution in [0.25, 0.3) is 10.4 Å². The summed E-state index contributed by atoms with van der Waals surface area (Å²) >= 11 is 4.97. The van der Waals surface area contributed by atoms with E-state index < -0.39 is 0 Å². The van der Waals surface area contributed by atoms with E-state index in [0.29, 0.717) is 29.6 Å². The number of hydrogen-bond donors (Lipinski definition) is 1. The third kappa shape index (κ3) is 4.11. The lowest BCUT2D eigenvalue weighted by molar-refractivity contribution is 0.0690. The van der Waals surface area contributed by atoms with Gasteiger partial charge in [0.25, 0.3) is 11.8 Å². The van der Waals surface area contributed by atoms with Crippen molar-refractivity contribution in [3.05, 3.63) is 74.8 Å². The van der Waals surface area contributed by atoms with Gasteiger partial charge in [0, 0.05) is 23.1 Å². The van der Waals surface area contributed by atoms with E-state index in [1.54, 1.807) is 23.5 Å². The highest BCUT2D eigenvalue weighted by atomic mass is 79.9. The Morgan fingerprint density at radius 1 is 1.19 bits per heavy atom. The van der Waals surface area contributed by atoms with Crippen LogP contribution < -0.4 is 5.32 Å². The van der Waals surface area contributed by atoms with E-state index >= 15 is 0 Å². The van der Waals surface area contributed by atoms with Crippen molar-refractivity contribution in [1.29, 1.82) is 0 Å². The molecule has 1 aliphatic heterocycles. The van der Waals surface area contributed by atoms with Gasteiger partial charge in [0.2, 0.25) is 0 Å². The number of aromatic nitrogens is 1. The first-order valence-electron chi connectivity index (χ1n) is 10.8. The number of carbonyl (C=O) groups is 2. The van der Waals surface area contributed by atoms with Crippen molar-refractivity contribution in [2.24, 2.45) is 11.8 Å². The van der Waals surface area contributed by atoms with Gasteiger partial charge in [0.05, 0.1) is 15.9 Å². The van der Waals surface area contributed by atoms with Gasteiger partial charge in [0.1, 0.15) is 5.69 Å². The van der Waals surface area contributed by atoms with E-state index in [0.717, 1.165) is 38.4 Å². The smallest absolute Gasteiger partial charge is 0.274 e. The highest BCUT2D eigenvalue weighted by Gasteiger charge is 2.54. The number of rotatable bonds is 5. The van der Waals surface area contributed by atoms with Crippen LogP contribution in [0.5, 0.6) is 0 Å². The summed E-state index contributed by atoms with van der Waals surface area (Å²) in [6.07, 6.45) is 1.13. The predicted molar refractivity (Wildman–Crippen MR) is 130 cm³/mol. The summed E-state index contributed by atoms with van der Waals surface area (Å²) < 4.78 is 0.868. The minimum absolute atomic E-state index is 0.0102. The zero-order chi connectivity index (χ0) is 22.4. The molecule has 2 aromatic carbocycles. The molecule has 0 bridgehead atoms. The molecule has 5 rings (SSSR count). The number of aryl methyl sites for hydroxylation is 2. The summed E-state index contributed by atoms with van der Waals surface area (Å²) in [7, 11) is 0. The van der Waals surface area contributed by atoms with Crippen LogP contribution in [0, 0.1) is 25.7 Å². The van der Waals surface area contributed by atoms with Gasteiger partial charge in [-0.15, -0.1) is 11.3 Å². The Kier molecular flexibility index (Phi) is 5.63. The number of carbonyl (C=O) groups excluding carboxylic acids is 2. The van der Waals surface area contributed by atoms with Crippen molar-refractivity contribution in [3.8, 4) is 10.4 Å². The molecule has 2 amide bonds. The normalized spacial score (nSPS) is 21.3. The summed E-state index contributed by atoms with van der Waals surface area (Å²) in [6.45, 7) is 5.20. The molecule has 1 aromatic heterocycles. The maximum Gasteiger partial charge on any atom is 0.274 e. The number of thiazole rings is 1. The maximum absolute atomic E-state index is 13.6. The van der Waals surface area contributed by atoms with Crippen LogP contribution in [0.3, 0.4) is 0 Å². The number of amides is 2. The molecule has 2 fully saturated rings. The molecule has 3 atom stereocenters. The number of hydrogen-bond acceptors (Lipinski definition) is 4. The number of fused-ring (bicyclic) bond motifs is 1. The summed E-state index contributed by atoms with van der Waals surface area (Å²) in [5.41, 5.74) is 3.33. The van der Waals surface area contributed by atoms with Crippen molar-refractivity contribution in [2.75, 3.05) is 13.1 Å². The van der Waals surface area contributed by atoms with E-state index in [1.807, 2.05) is 36.1 Å². The fourth-order valence-electron chi connectivity index (χ4n) is 4.69. The molecule has 3 aromatic rings. The Labute approximate surface area is 200 Å². The van der Waals surface area contributed by atoms with Crippen LogP contribution in [0.4, 0.5) is 0 Å². The minimum atomic E-state index is -0.118. The first-order valence-corrected chi connectivity index (χ1v) is 12.4. The number of likely N-dealkylation sites (tertiary alicyclic amines) is 1. The molecule has 0 unspecified atom stereocenters. The van der Waals surface area contributed by atoms with Crippen molar-refractivity contribution in [1.82, 2.24) is 15.2 Å². The first-order chi connectivity index (χ1) is 15.4. The Hall–Kier alpha value is -2.51. The second-order valence-corrected chi connectivity index (χ2v) is 10.8. The first kappa shape index (κ1) is 21.3. The topological polar surface area (TPSA) is 62.3 Å². The molecule has 0 spiro atoms. The third-order valence-corrected chi connectivity index (χ3v) is 7.85. The fourth-order valence-corrected chi connectivity index (χ4v) is 5.99. The van der Waals surface area contributed by atoms with Crippen LogP contribution >= 0.6 is 27.3 Å². The Morgan fingerprint density at radius 2 is 2.00 bits per heavy atom. The van der Waals surface area contributed by atoms with E-state index in [1.165, 1.54) is 0 Å². The average molecular weight is 510 g/mol. The summed E-state index contributed by atoms with van der Waals surface area (Å²) in [4.78, 5) is 33.8. The van der Waals surface area contributed by atoms with Gasteiger partial charge in [-0.1, -0.05) is 51.8 Å². The fraction of sp³-hybridized carbons (Fsp3) is 0.320. The third-order valence-electron chi connectivity index (χ3n) is 6.34. The molecule has 5 nitrogen and oxygen atoms in total. The number of piperidine rings is 1. The average Bonchev–Trinajstić information content (AvgIpc) is 3.28. The largest absolute Gasteiger partial charge is 0.350 e. The lowest BCUT2D eigenvalue weighted by Crippen LogP contribution is -2.45. The van der Waals surface area contributed by atoms with Crippen LogP contribution in [0.2, 0.25) is 0 Å². The molecule has 32 heavy (non-hydrogen) atoms. The SMILES string of the molecule is Cc1cccc(-c2sc(C)nc2C(=O)N2C[C@@H]3C[C@@H]3[C@H]2CNC(=O)c2cccc(Br)c2)c1. The number of halogens is 1. The number of nitrogens with zero attached hydrogens (tertiary/aromatic N) is 2. The standard InChI is InChI=1S/C25H24BrN3O2S/c1-14-5-3-6-16(9-14)23-22(28-15(2)32-23)25(31)29-13-18-11-20(18)21(29)12-27-24(30)17-7-4-8-19(26)10-17/h3-10,18,20-21H,11-13H2,1-2H3,(H,27,30)/t18-,20-,21+/m0/s1. The summed E-state index contributed by atoms with van der Waals surface area (Å²) in [6, 6.07) is 15.5. The molecule has 1 N–H and O–H groups in total. The van der Waals surface area contributed by atoms with Gasteiger partial charge in [0.15, 0.2) is 0 Å². The van der Waals surface area contributed by atoms with E-state index in [4.69, 9.17) is 0 Å². The van der Waals surface area contributed by atoms with Crippen molar-refractivity contribution < 1.29 is 9.59 Å². The van der Waals surface area contributed by atoms with Gasteiger partial charge < -0.3 is 10.2 Å². The quantitative estimate of drug-likeness (QED) is 0.521. The second kappa shape index (κ2) is 8.45. The Morgan fingerprint density at radius 3 is 2.78 bits per heavy atom. The zero-order valence-corrected chi connectivity index (χ0v) is 20.4.